The van der Waals surface area contributed by atoms with Crippen LogP contribution in [0, 0.1) is 13.8 Å². The van der Waals surface area contributed by atoms with Crippen LogP contribution >= 0.6 is 11.8 Å². The zero-order valence-corrected chi connectivity index (χ0v) is 18.9. The lowest BCUT2D eigenvalue weighted by Gasteiger charge is -2.18. The summed E-state index contributed by atoms with van der Waals surface area (Å²) in [7, 11) is 1.38. The zero-order valence-electron chi connectivity index (χ0n) is 18.1. The topological polar surface area (TPSA) is 88.3 Å². The maximum absolute atomic E-state index is 13.1. The van der Waals surface area contributed by atoms with Crippen LogP contribution in [0.2, 0.25) is 0 Å². The molecule has 1 heterocycles. The van der Waals surface area contributed by atoms with Gasteiger partial charge in [0.2, 0.25) is 17.7 Å². The molecule has 0 saturated carbocycles. The largest absolute Gasteiger partial charge is 0.418 e. The van der Waals surface area contributed by atoms with Gasteiger partial charge in [0.25, 0.3) is 5.22 Å². The fourth-order valence-electron chi connectivity index (χ4n) is 2.83. The molecule has 7 nitrogen and oxygen atoms in total. The highest BCUT2D eigenvalue weighted by Crippen LogP contribution is 2.34. The van der Waals surface area contributed by atoms with Crippen molar-refractivity contribution in [2.75, 3.05) is 24.7 Å². The van der Waals surface area contributed by atoms with Crippen LogP contribution in [0.1, 0.15) is 16.7 Å². The number of carbonyl (C=O) groups excluding carboxylic acids is 2. The first-order chi connectivity index (χ1) is 15.5. The molecule has 0 radical (unpaired) electrons. The van der Waals surface area contributed by atoms with Crippen molar-refractivity contribution >= 4 is 29.3 Å². The van der Waals surface area contributed by atoms with Crippen molar-refractivity contribution in [2.24, 2.45) is 0 Å². The number of amides is 2. The molecule has 0 aliphatic rings. The number of likely N-dealkylation sites (N-methyl/N-ethyl adjacent to an activating group) is 1. The number of aromatic nitrogens is 2. The molecule has 174 valence electrons. The van der Waals surface area contributed by atoms with Gasteiger partial charge < -0.3 is 14.6 Å². The van der Waals surface area contributed by atoms with Crippen molar-refractivity contribution in [3.8, 4) is 11.5 Å². The zero-order chi connectivity index (χ0) is 24.2. The molecule has 0 bridgehead atoms. The highest BCUT2D eigenvalue weighted by atomic mass is 32.2. The maximum atomic E-state index is 13.1. The highest BCUT2D eigenvalue weighted by Gasteiger charge is 2.33. The molecule has 0 fully saturated rings. The lowest BCUT2D eigenvalue weighted by Crippen LogP contribution is -2.36. The smallest absolute Gasteiger partial charge is 0.411 e. The van der Waals surface area contributed by atoms with Gasteiger partial charge in [-0.1, -0.05) is 30.0 Å². The van der Waals surface area contributed by atoms with Gasteiger partial charge in [-0.2, -0.15) is 13.2 Å². The molecular formula is C22H21F3N4O3S. The minimum absolute atomic E-state index is 0.0858. The van der Waals surface area contributed by atoms with Crippen LogP contribution in [-0.4, -0.2) is 46.3 Å². The number of nitrogens with one attached hydrogen (secondary N) is 1. The van der Waals surface area contributed by atoms with Crippen LogP contribution in [-0.2, 0) is 15.8 Å². The number of nitrogens with zero attached hydrogens (tertiary/aromatic N) is 3. The summed E-state index contributed by atoms with van der Waals surface area (Å²) in [6.07, 6.45) is -4.61. The van der Waals surface area contributed by atoms with Crippen molar-refractivity contribution in [2.45, 2.75) is 25.2 Å². The predicted octanol–water partition coefficient (Wildman–Crippen LogP) is 4.56. The van der Waals surface area contributed by atoms with Gasteiger partial charge in [0, 0.05) is 12.6 Å². The molecule has 11 heteroatoms. The van der Waals surface area contributed by atoms with Crippen molar-refractivity contribution in [1.82, 2.24) is 15.1 Å². The van der Waals surface area contributed by atoms with Gasteiger partial charge in [0.15, 0.2) is 0 Å². The Morgan fingerprint density at radius 1 is 1.09 bits per heavy atom. The van der Waals surface area contributed by atoms with Crippen molar-refractivity contribution in [3.63, 3.8) is 0 Å². The number of benzene rings is 2. The van der Waals surface area contributed by atoms with E-state index in [9.17, 15) is 22.8 Å². The lowest BCUT2D eigenvalue weighted by atomic mass is 10.1. The lowest BCUT2D eigenvalue weighted by molar-refractivity contribution is -0.137. The molecule has 33 heavy (non-hydrogen) atoms. The Bertz CT molecular complexity index is 1160. The van der Waals surface area contributed by atoms with E-state index in [1.54, 1.807) is 0 Å². The second-order valence-electron chi connectivity index (χ2n) is 7.30. The average molecular weight is 478 g/mol. The van der Waals surface area contributed by atoms with Gasteiger partial charge in [-0.3, -0.25) is 9.59 Å². The van der Waals surface area contributed by atoms with E-state index in [0.29, 0.717) is 5.89 Å². The number of para-hydroxylation sites is 1. The van der Waals surface area contributed by atoms with Gasteiger partial charge in [0.1, 0.15) is 0 Å². The number of aryl methyl sites for hydroxylation is 2. The molecule has 0 spiro atoms. The number of anilines is 1. The van der Waals surface area contributed by atoms with E-state index in [0.717, 1.165) is 45.5 Å². The van der Waals surface area contributed by atoms with Crippen molar-refractivity contribution in [1.29, 1.82) is 0 Å². The van der Waals surface area contributed by atoms with Crippen LogP contribution in [0.3, 0.4) is 0 Å². The van der Waals surface area contributed by atoms with E-state index in [-0.39, 0.29) is 16.7 Å². The van der Waals surface area contributed by atoms with E-state index < -0.39 is 30.1 Å². The van der Waals surface area contributed by atoms with Crippen LogP contribution < -0.4 is 5.32 Å². The molecule has 3 rings (SSSR count). The Morgan fingerprint density at radius 3 is 2.52 bits per heavy atom. The fourth-order valence-corrected chi connectivity index (χ4v) is 3.53. The van der Waals surface area contributed by atoms with E-state index in [2.05, 4.69) is 15.5 Å². The number of alkyl halides is 3. The monoisotopic (exact) mass is 478 g/mol. The van der Waals surface area contributed by atoms with Gasteiger partial charge in [-0.15, -0.1) is 10.2 Å². The number of hydrogen-bond donors (Lipinski definition) is 1. The summed E-state index contributed by atoms with van der Waals surface area (Å²) in [5, 5.41) is 10.3. The maximum Gasteiger partial charge on any atom is 0.418 e. The second-order valence-corrected chi connectivity index (χ2v) is 8.23. The summed E-state index contributed by atoms with van der Waals surface area (Å²) in [6, 6.07) is 10.4. The van der Waals surface area contributed by atoms with Gasteiger partial charge in [-0.25, -0.2) is 0 Å². The van der Waals surface area contributed by atoms with Gasteiger partial charge >= 0.3 is 6.18 Å². The molecule has 3 aromatic rings. The third-order valence-corrected chi connectivity index (χ3v) is 5.60. The quantitative estimate of drug-likeness (QED) is 0.501. The first-order valence-corrected chi connectivity index (χ1v) is 10.8. The Labute approximate surface area is 192 Å². The summed E-state index contributed by atoms with van der Waals surface area (Å²) < 4.78 is 44.8. The molecule has 2 aromatic carbocycles. The molecule has 1 N–H and O–H groups in total. The number of carbonyl (C=O) groups is 2. The van der Waals surface area contributed by atoms with Crippen LogP contribution in [0.25, 0.3) is 11.5 Å². The van der Waals surface area contributed by atoms with E-state index in [1.807, 2.05) is 32.0 Å². The molecule has 0 aliphatic heterocycles. The first kappa shape index (κ1) is 24.3. The first-order valence-electron chi connectivity index (χ1n) is 9.78. The Kier molecular flexibility index (Phi) is 7.42. The van der Waals surface area contributed by atoms with Gasteiger partial charge in [-0.05, 0) is 49.2 Å². The van der Waals surface area contributed by atoms with E-state index in [4.69, 9.17) is 4.42 Å². The summed E-state index contributed by atoms with van der Waals surface area (Å²) >= 11 is 1.00. The second kappa shape index (κ2) is 10.1. The van der Waals surface area contributed by atoms with Crippen molar-refractivity contribution < 1.29 is 27.2 Å². The third kappa shape index (κ3) is 6.35. The summed E-state index contributed by atoms with van der Waals surface area (Å²) in [6.45, 7) is 3.55. The standard InChI is InChI=1S/C22H21F3N4O3S/c1-13-8-9-15(10-14(13)2)20-27-28-21(32-20)33-12-19(31)29(3)11-18(30)26-17-7-5-4-6-16(17)22(23,24)25/h4-10H,11-12H2,1-3H3,(H,26,30). The third-order valence-electron chi connectivity index (χ3n) is 4.79. The average Bonchev–Trinajstić information content (AvgIpc) is 3.22. The summed E-state index contributed by atoms with van der Waals surface area (Å²) in [5.41, 5.74) is 1.64. The van der Waals surface area contributed by atoms with Crippen LogP contribution in [0.5, 0.6) is 0 Å². The summed E-state index contributed by atoms with van der Waals surface area (Å²) in [4.78, 5) is 25.6. The SMILES string of the molecule is Cc1ccc(-c2nnc(SCC(=O)N(C)CC(=O)Nc3ccccc3C(F)(F)F)o2)cc1C. The van der Waals surface area contributed by atoms with Crippen molar-refractivity contribution in [3.05, 3.63) is 59.2 Å². The minimum Gasteiger partial charge on any atom is -0.411 e. The Balaban J connectivity index is 1.54. The molecule has 1 aromatic heterocycles. The number of rotatable bonds is 7. The molecule has 0 saturated heterocycles. The molecule has 0 unspecified atom stereocenters. The van der Waals surface area contributed by atoms with Crippen LogP contribution in [0.4, 0.5) is 18.9 Å². The fraction of sp³-hybridized carbons (Fsp3) is 0.273. The number of thioether (sulfide) groups is 1. The summed E-state index contributed by atoms with van der Waals surface area (Å²) in [5.74, 6) is -0.936. The minimum atomic E-state index is -4.61. The molecule has 0 aliphatic carbocycles. The van der Waals surface area contributed by atoms with E-state index in [1.165, 1.54) is 19.2 Å². The Morgan fingerprint density at radius 2 is 1.82 bits per heavy atom. The molecular weight excluding hydrogens is 457 g/mol. The van der Waals surface area contributed by atoms with Gasteiger partial charge in [0.05, 0.1) is 23.5 Å². The van der Waals surface area contributed by atoms with E-state index >= 15 is 0 Å². The number of halogens is 3. The Hall–Kier alpha value is -3.34. The molecule has 2 amide bonds. The highest BCUT2D eigenvalue weighted by molar-refractivity contribution is 7.99. The van der Waals surface area contributed by atoms with Crippen LogP contribution in [0.15, 0.2) is 52.1 Å². The normalized spacial score (nSPS) is 11.3. The predicted molar refractivity (Wildman–Crippen MR) is 118 cm³/mol. The number of hydrogen-bond acceptors (Lipinski definition) is 6. The molecule has 0 atom stereocenters.